The summed E-state index contributed by atoms with van der Waals surface area (Å²) in [6.45, 7) is 4.02. The van der Waals surface area contributed by atoms with E-state index in [1.807, 2.05) is 0 Å². The Morgan fingerprint density at radius 3 is 1.95 bits per heavy atom. The molecule has 0 heterocycles. The number of nitrogens with one attached hydrogen (secondary N) is 2. The molecule has 0 saturated heterocycles. The Labute approximate surface area is 136 Å². The largest absolute Gasteiger partial charge is 0.396 e. The van der Waals surface area contributed by atoms with E-state index in [0.29, 0.717) is 6.61 Å². The molecule has 0 aromatic heterocycles. The lowest BCUT2D eigenvalue weighted by atomic mass is 10.1. The smallest absolute Gasteiger partial charge is 0.314 e. The molecule has 0 unspecified atom stereocenters. The van der Waals surface area contributed by atoms with E-state index in [-0.39, 0.29) is 6.03 Å². The SMILES string of the molecule is CCCCCNC(=O)NCCCCC=CCCCCCCO. The molecule has 0 saturated carbocycles. The van der Waals surface area contributed by atoms with Gasteiger partial charge in [0.05, 0.1) is 0 Å². The number of aliphatic hydroxyl groups is 1. The number of carbonyl (C=O) groups excluding carboxylic acids is 1. The molecule has 2 amide bonds. The minimum absolute atomic E-state index is 0.0328. The van der Waals surface area contributed by atoms with Gasteiger partial charge in [0.25, 0.3) is 0 Å². The molecular formula is C18H36N2O2. The minimum Gasteiger partial charge on any atom is -0.396 e. The number of unbranched alkanes of at least 4 members (excludes halogenated alkanes) is 8. The highest BCUT2D eigenvalue weighted by Gasteiger charge is 1.97. The first-order valence-corrected chi connectivity index (χ1v) is 9.08. The van der Waals surface area contributed by atoms with Crippen LogP contribution in [-0.4, -0.2) is 30.8 Å². The van der Waals surface area contributed by atoms with Crippen molar-refractivity contribution >= 4 is 6.03 Å². The van der Waals surface area contributed by atoms with Gasteiger partial charge in [0.1, 0.15) is 0 Å². The van der Waals surface area contributed by atoms with Crippen LogP contribution >= 0.6 is 0 Å². The molecule has 0 fully saturated rings. The van der Waals surface area contributed by atoms with E-state index in [4.69, 9.17) is 5.11 Å². The summed E-state index contributed by atoms with van der Waals surface area (Å²) in [5, 5.41) is 14.4. The van der Waals surface area contributed by atoms with Crippen LogP contribution in [0.3, 0.4) is 0 Å². The first kappa shape index (κ1) is 21.0. The third kappa shape index (κ3) is 17.0. The molecule has 0 atom stereocenters. The van der Waals surface area contributed by atoms with E-state index < -0.39 is 0 Å². The van der Waals surface area contributed by atoms with Gasteiger partial charge in [-0.1, -0.05) is 44.8 Å². The fraction of sp³-hybridized carbons (Fsp3) is 0.833. The van der Waals surface area contributed by atoms with Gasteiger partial charge < -0.3 is 15.7 Å². The van der Waals surface area contributed by atoms with Crippen LogP contribution in [0.15, 0.2) is 12.2 Å². The summed E-state index contributed by atoms with van der Waals surface area (Å²) in [6, 6.07) is -0.0328. The second-order valence-corrected chi connectivity index (χ2v) is 5.78. The summed E-state index contributed by atoms with van der Waals surface area (Å²) in [4.78, 5) is 11.4. The van der Waals surface area contributed by atoms with Crippen LogP contribution in [0.5, 0.6) is 0 Å². The summed E-state index contributed by atoms with van der Waals surface area (Å²) >= 11 is 0. The molecule has 0 aromatic rings. The number of urea groups is 1. The number of hydrogen-bond donors (Lipinski definition) is 3. The van der Waals surface area contributed by atoms with Crippen LogP contribution in [0.4, 0.5) is 4.79 Å². The number of amides is 2. The first-order chi connectivity index (χ1) is 10.8. The van der Waals surface area contributed by atoms with E-state index in [9.17, 15) is 4.79 Å². The average molecular weight is 312 g/mol. The van der Waals surface area contributed by atoms with Crippen LogP contribution in [0, 0.1) is 0 Å². The minimum atomic E-state index is -0.0328. The third-order valence-corrected chi connectivity index (χ3v) is 3.59. The fourth-order valence-electron chi connectivity index (χ4n) is 2.19. The maximum Gasteiger partial charge on any atom is 0.314 e. The van der Waals surface area contributed by atoms with Crippen molar-refractivity contribution in [3.05, 3.63) is 12.2 Å². The zero-order chi connectivity index (χ0) is 16.3. The number of allylic oxidation sites excluding steroid dienone is 2. The standard InChI is InChI=1S/C18H36N2O2/c1-2-3-12-15-19-18(22)20-16-13-10-8-6-4-5-7-9-11-14-17-21/h4,6,21H,2-3,5,7-17H2,1H3,(H2,19,20,22). The lowest BCUT2D eigenvalue weighted by Crippen LogP contribution is -2.36. The van der Waals surface area contributed by atoms with Gasteiger partial charge in [-0.15, -0.1) is 0 Å². The molecule has 0 aliphatic carbocycles. The number of carbonyl (C=O) groups is 1. The topological polar surface area (TPSA) is 61.4 Å². The summed E-state index contributed by atoms with van der Waals surface area (Å²) in [5.74, 6) is 0. The maximum absolute atomic E-state index is 11.4. The highest BCUT2D eigenvalue weighted by molar-refractivity contribution is 5.73. The fourth-order valence-corrected chi connectivity index (χ4v) is 2.19. The Kier molecular flexibility index (Phi) is 17.2. The van der Waals surface area contributed by atoms with Crippen LogP contribution in [0.2, 0.25) is 0 Å². The van der Waals surface area contributed by atoms with Crippen molar-refractivity contribution in [3.8, 4) is 0 Å². The quantitative estimate of drug-likeness (QED) is 0.314. The molecule has 0 rings (SSSR count). The van der Waals surface area contributed by atoms with Gasteiger partial charge in [0.2, 0.25) is 0 Å². The van der Waals surface area contributed by atoms with Crippen LogP contribution < -0.4 is 10.6 Å². The zero-order valence-electron chi connectivity index (χ0n) is 14.4. The van der Waals surface area contributed by atoms with Crippen molar-refractivity contribution in [3.63, 3.8) is 0 Å². The van der Waals surface area contributed by atoms with Crippen molar-refractivity contribution in [2.45, 2.75) is 77.6 Å². The molecule has 0 aliphatic heterocycles. The average Bonchev–Trinajstić information content (AvgIpc) is 2.52. The Morgan fingerprint density at radius 1 is 0.818 bits per heavy atom. The van der Waals surface area contributed by atoms with Gasteiger partial charge in [0.15, 0.2) is 0 Å². The molecule has 3 N–H and O–H groups in total. The van der Waals surface area contributed by atoms with Gasteiger partial charge >= 0.3 is 6.03 Å². The molecule has 0 spiro atoms. The van der Waals surface area contributed by atoms with E-state index in [1.54, 1.807) is 0 Å². The van der Waals surface area contributed by atoms with Crippen LogP contribution in [0.25, 0.3) is 0 Å². The molecule has 4 heteroatoms. The number of hydrogen-bond acceptors (Lipinski definition) is 2. The molecule has 0 radical (unpaired) electrons. The highest BCUT2D eigenvalue weighted by atomic mass is 16.2. The summed E-state index contributed by atoms with van der Waals surface area (Å²) in [6.07, 6.45) is 16.8. The van der Waals surface area contributed by atoms with E-state index in [1.165, 1.54) is 25.7 Å². The van der Waals surface area contributed by atoms with Crippen molar-refractivity contribution in [1.82, 2.24) is 10.6 Å². The molecule has 0 aliphatic rings. The third-order valence-electron chi connectivity index (χ3n) is 3.59. The van der Waals surface area contributed by atoms with Crippen molar-refractivity contribution in [1.29, 1.82) is 0 Å². The predicted molar refractivity (Wildman–Crippen MR) is 94.1 cm³/mol. The molecule has 130 valence electrons. The molecular weight excluding hydrogens is 276 g/mol. The summed E-state index contributed by atoms with van der Waals surface area (Å²) in [7, 11) is 0. The monoisotopic (exact) mass is 312 g/mol. The highest BCUT2D eigenvalue weighted by Crippen LogP contribution is 2.04. The lowest BCUT2D eigenvalue weighted by Gasteiger charge is -2.06. The van der Waals surface area contributed by atoms with Crippen LogP contribution in [0.1, 0.15) is 77.6 Å². The zero-order valence-corrected chi connectivity index (χ0v) is 14.4. The molecule has 22 heavy (non-hydrogen) atoms. The second kappa shape index (κ2) is 18.0. The van der Waals surface area contributed by atoms with Crippen molar-refractivity contribution in [2.24, 2.45) is 0 Å². The Bertz CT molecular complexity index is 268. The van der Waals surface area contributed by atoms with Gasteiger partial charge in [-0.25, -0.2) is 4.79 Å². The second-order valence-electron chi connectivity index (χ2n) is 5.78. The molecule has 4 nitrogen and oxygen atoms in total. The lowest BCUT2D eigenvalue weighted by molar-refractivity contribution is 0.240. The maximum atomic E-state index is 11.4. The molecule has 0 bridgehead atoms. The van der Waals surface area contributed by atoms with Crippen LogP contribution in [-0.2, 0) is 0 Å². The van der Waals surface area contributed by atoms with Gasteiger partial charge in [-0.3, -0.25) is 0 Å². The van der Waals surface area contributed by atoms with E-state index in [0.717, 1.165) is 58.0 Å². The van der Waals surface area contributed by atoms with E-state index >= 15 is 0 Å². The summed E-state index contributed by atoms with van der Waals surface area (Å²) in [5.41, 5.74) is 0. The number of rotatable bonds is 15. The Balaban J connectivity index is 3.20. The Hall–Kier alpha value is -1.03. The van der Waals surface area contributed by atoms with E-state index in [2.05, 4.69) is 29.7 Å². The molecule has 0 aromatic carbocycles. The predicted octanol–water partition coefficient (Wildman–Crippen LogP) is 4.15. The van der Waals surface area contributed by atoms with Gasteiger partial charge in [-0.05, 0) is 44.9 Å². The van der Waals surface area contributed by atoms with Crippen molar-refractivity contribution < 1.29 is 9.90 Å². The van der Waals surface area contributed by atoms with Gasteiger partial charge in [0, 0.05) is 19.7 Å². The Morgan fingerprint density at radius 2 is 1.36 bits per heavy atom. The summed E-state index contributed by atoms with van der Waals surface area (Å²) < 4.78 is 0. The van der Waals surface area contributed by atoms with Gasteiger partial charge in [-0.2, -0.15) is 0 Å². The normalized spacial score (nSPS) is 11.0. The number of aliphatic hydroxyl groups excluding tert-OH is 1. The first-order valence-electron chi connectivity index (χ1n) is 9.08. The van der Waals surface area contributed by atoms with Crippen molar-refractivity contribution in [2.75, 3.05) is 19.7 Å².